The lowest BCUT2D eigenvalue weighted by Gasteiger charge is -2.51. The van der Waals surface area contributed by atoms with Gasteiger partial charge in [0.05, 0.1) is 6.61 Å². The fourth-order valence-corrected chi connectivity index (χ4v) is 6.88. The largest absolute Gasteiger partial charge is 0.476 e. The smallest absolute Gasteiger partial charge is 0.414 e. The molecule has 4 heterocycles. The second-order valence-corrected chi connectivity index (χ2v) is 15.6. The first-order chi connectivity index (χ1) is 23.5. The Bertz CT molecular complexity index is 1800. The zero-order valence-electron chi connectivity index (χ0n) is 29.9. The number of hydrogen-bond donors (Lipinski definition) is 1. The number of rotatable bonds is 3. The second-order valence-electron chi connectivity index (χ2n) is 15.6. The molecule has 0 radical (unpaired) electrons. The number of likely N-dealkylation sites (tertiary alicyclic amines) is 1. The molecule has 3 amide bonds. The van der Waals surface area contributed by atoms with E-state index in [0.717, 1.165) is 25.7 Å². The lowest BCUT2D eigenvalue weighted by molar-refractivity contribution is -0.0717. The van der Waals surface area contributed by atoms with Crippen LogP contribution in [0.2, 0.25) is 0 Å². The molecule has 3 aromatic rings. The SMILES string of the molecule is Cc1c(-c2cc3cc(NC(=O)OC4CC5(CCN(C(=O)OC(C)(C)C)CC5)C4)ncc3cc2F)cnc2c1N(C(=O)OC(C)(C)C)CCCO2. The molecule has 0 bridgehead atoms. The summed E-state index contributed by atoms with van der Waals surface area (Å²) in [5.74, 6) is 0.0631. The third-order valence-corrected chi connectivity index (χ3v) is 9.32. The molecule has 1 spiro atoms. The molecular weight excluding hydrogens is 645 g/mol. The molecule has 1 saturated heterocycles. The number of halogens is 1. The minimum atomic E-state index is -0.706. The zero-order valence-corrected chi connectivity index (χ0v) is 29.9. The van der Waals surface area contributed by atoms with Crippen LogP contribution < -0.4 is 15.0 Å². The van der Waals surface area contributed by atoms with Crippen LogP contribution >= 0.6 is 0 Å². The fourth-order valence-electron chi connectivity index (χ4n) is 6.88. The molecular formula is C37H46FN5O7. The molecule has 12 nitrogen and oxygen atoms in total. The van der Waals surface area contributed by atoms with Crippen LogP contribution in [-0.2, 0) is 14.2 Å². The number of aromatic nitrogens is 2. The van der Waals surface area contributed by atoms with Crippen molar-refractivity contribution in [1.29, 1.82) is 0 Å². The van der Waals surface area contributed by atoms with Crippen LogP contribution in [0.15, 0.2) is 30.6 Å². The lowest BCUT2D eigenvalue weighted by Crippen LogP contribution is -2.52. The number of ether oxygens (including phenoxy) is 4. The third-order valence-electron chi connectivity index (χ3n) is 9.32. The number of fused-ring (bicyclic) bond motifs is 2. The predicted molar refractivity (Wildman–Crippen MR) is 186 cm³/mol. The van der Waals surface area contributed by atoms with Gasteiger partial charge in [-0.3, -0.25) is 10.2 Å². The molecule has 3 aliphatic rings. The topological polar surface area (TPSA) is 132 Å². The third kappa shape index (κ3) is 7.71. The Morgan fingerprint density at radius 2 is 1.58 bits per heavy atom. The Morgan fingerprint density at radius 1 is 0.900 bits per heavy atom. The second kappa shape index (κ2) is 13.2. The van der Waals surface area contributed by atoms with E-state index in [1.54, 1.807) is 50.9 Å². The van der Waals surface area contributed by atoms with E-state index >= 15 is 4.39 Å². The van der Waals surface area contributed by atoms with E-state index in [9.17, 15) is 14.4 Å². The minimum Gasteiger partial charge on any atom is -0.476 e. The van der Waals surface area contributed by atoms with Gasteiger partial charge in [-0.25, -0.2) is 28.7 Å². The first-order valence-corrected chi connectivity index (χ1v) is 17.2. The molecule has 2 aromatic heterocycles. The number of hydrogen-bond acceptors (Lipinski definition) is 9. The number of amides is 3. The highest BCUT2D eigenvalue weighted by molar-refractivity contribution is 5.95. The molecule has 50 heavy (non-hydrogen) atoms. The van der Waals surface area contributed by atoms with Gasteiger partial charge in [-0.05, 0) is 115 Å². The Morgan fingerprint density at radius 3 is 2.26 bits per heavy atom. The average molecular weight is 692 g/mol. The normalized spacial score (nSPS) is 17.7. The van der Waals surface area contributed by atoms with Crippen LogP contribution in [0.5, 0.6) is 5.88 Å². The summed E-state index contributed by atoms with van der Waals surface area (Å²) in [7, 11) is 0. The average Bonchev–Trinajstić information content (AvgIpc) is 3.23. The first-order valence-electron chi connectivity index (χ1n) is 17.2. The van der Waals surface area contributed by atoms with E-state index in [1.807, 2.05) is 20.8 Å². The standard InChI is InChI=1S/C37H46FN5O7/c1-22-27(21-40-31-30(22)43(11-8-14-47-31)34(46)50-36(5,6)7)26-15-23-17-29(39-20-24(23)16-28(26)38)41-32(44)48-25-18-37(19-25)9-12-42(13-10-37)33(45)49-35(2,3)4/h15-17,20-21,25H,8-14,18-19H2,1-7H3,(H,39,41,44). The lowest BCUT2D eigenvalue weighted by atomic mass is 9.61. The highest BCUT2D eigenvalue weighted by Crippen LogP contribution is 2.50. The van der Waals surface area contributed by atoms with Gasteiger partial charge in [-0.15, -0.1) is 0 Å². The molecule has 1 saturated carbocycles. The predicted octanol–water partition coefficient (Wildman–Crippen LogP) is 8.00. The van der Waals surface area contributed by atoms with Crippen molar-refractivity contribution in [3.63, 3.8) is 0 Å². The van der Waals surface area contributed by atoms with Crippen LogP contribution in [0.4, 0.5) is 30.3 Å². The zero-order chi connectivity index (χ0) is 36.0. The van der Waals surface area contributed by atoms with Crippen molar-refractivity contribution in [1.82, 2.24) is 14.9 Å². The molecule has 13 heteroatoms. The molecule has 1 aliphatic carbocycles. The summed E-state index contributed by atoms with van der Waals surface area (Å²) < 4.78 is 38.4. The van der Waals surface area contributed by atoms with Gasteiger partial charge in [0.25, 0.3) is 0 Å². The van der Waals surface area contributed by atoms with Gasteiger partial charge < -0.3 is 23.8 Å². The van der Waals surface area contributed by atoms with Gasteiger partial charge >= 0.3 is 18.3 Å². The van der Waals surface area contributed by atoms with Crippen molar-refractivity contribution in [2.75, 3.05) is 36.5 Å². The Kier molecular flexibility index (Phi) is 9.29. The summed E-state index contributed by atoms with van der Waals surface area (Å²) in [5, 5.41) is 3.90. The molecule has 268 valence electrons. The van der Waals surface area contributed by atoms with Gasteiger partial charge in [0.1, 0.15) is 34.6 Å². The summed E-state index contributed by atoms with van der Waals surface area (Å²) in [5.41, 5.74) is 0.644. The summed E-state index contributed by atoms with van der Waals surface area (Å²) in [6, 6.07) is 4.72. The van der Waals surface area contributed by atoms with Crippen molar-refractivity contribution >= 4 is 40.6 Å². The van der Waals surface area contributed by atoms with E-state index < -0.39 is 29.2 Å². The molecule has 6 rings (SSSR count). The number of nitrogens with zero attached hydrogens (tertiary/aromatic N) is 4. The number of nitrogens with one attached hydrogen (secondary N) is 1. The van der Waals surface area contributed by atoms with Crippen LogP contribution in [0.25, 0.3) is 21.9 Å². The van der Waals surface area contributed by atoms with E-state index in [4.69, 9.17) is 18.9 Å². The van der Waals surface area contributed by atoms with E-state index in [2.05, 4.69) is 15.3 Å². The fraction of sp³-hybridized carbons (Fsp3) is 0.541. The summed E-state index contributed by atoms with van der Waals surface area (Å²) in [6.07, 6.45) is 5.11. The molecule has 0 atom stereocenters. The number of carbonyl (C=O) groups excluding carboxylic acids is 3. The number of benzene rings is 1. The number of anilines is 2. The van der Waals surface area contributed by atoms with E-state index in [-0.39, 0.29) is 34.9 Å². The van der Waals surface area contributed by atoms with Gasteiger partial charge in [0, 0.05) is 48.5 Å². The molecule has 2 aliphatic heterocycles. The molecule has 1 N–H and O–H groups in total. The molecule has 1 aromatic carbocycles. The van der Waals surface area contributed by atoms with Crippen molar-refractivity contribution in [2.24, 2.45) is 5.41 Å². The summed E-state index contributed by atoms with van der Waals surface area (Å²) >= 11 is 0. The molecule has 2 fully saturated rings. The van der Waals surface area contributed by atoms with Gasteiger partial charge in [-0.2, -0.15) is 0 Å². The van der Waals surface area contributed by atoms with Gasteiger partial charge in [-0.1, -0.05) is 0 Å². The summed E-state index contributed by atoms with van der Waals surface area (Å²) in [6.45, 7) is 14.7. The Labute approximate surface area is 291 Å². The maximum atomic E-state index is 15.6. The Hall–Kier alpha value is -4.68. The van der Waals surface area contributed by atoms with Crippen molar-refractivity contribution in [3.05, 3.63) is 42.0 Å². The van der Waals surface area contributed by atoms with Crippen molar-refractivity contribution in [3.8, 4) is 17.0 Å². The van der Waals surface area contributed by atoms with Gasteiger partial charge in [0.15, 0.2) is 0 Å². The van der Waals surface area contributed by atoms with E-state index in [0.29, 0.717) is 60.2 Å². The number of carbonyl (C=O) groups is 3. The van der Waals surface area contributed by atoms with Crippen LogP contribution in [-0.4, -0.2) is 76.7 Å². The van der Waals surface area contributed by atoms with Crippen molar-refractivity contribution < 1.29 is 37.7 Å². The number of pyridine rings is 2. The van der Waals surface area contributed by atoms with E-state index in [1.165, 1.54) is 17.2 Å². The maximum absolute atomic E-state index is 15.6. The maximum Gasteiger partial charge on any atom is 0.414 e. The quantitative estimate of drug-likeness (QED) is 0.271. The van der Waals surface area contributed by atoms with Crippen LogP contribution in [0.1, 0.15) is 79.2 Å². The van der Waals surface area contributed by atoms with Crippen LogP contribution in [0, 0.1) is 18.2 Å². The Balaban J connectivity index is 1.13. The summed E-state index contributed by atoms with van der Waals surface area (Å²) in [4.78, 5) is 50.5. The monoisotopic (exact) mass is 691 g/mol. The van der Waals surface area contributed by atoms with Gasteiger partial charge in [0.2, 0.25) is 5.88 Å². The first kappa shape index (κ1) is 35.2. The minimum absolute atomic E-state index is 0.0595. The number of piperidine rings is 1. The highest BCUT2D eigenvalue weighted by Gasteiger charge is 2.48. The highest BCUT2D eigenvalue weighted by atomic mass is 19.1. The van der Waals surface area contributed by atoms with Crippen molar-refractivity contribution in [2.45, 2.75) is 97.9 Å². The molecule has 0 unspecified atom stereocenters. The van der Waals surface area contributed by atoms with Crippen LogP contribution in [0.3, 0.4) is 0 Å².